The summed E-state index contributed by atoms with van der Waals surface area (Å²) >= 11 is 0. The van der Waals surface area contributed by atoms with E-state index in [0.717, 1.165) is 0 Å². The van der Waals surface area contributed by atoms with Gasteiger partial charge in [-0.2, -0.15) is 5.10 Å². The number of aliphatic hydroxyl groups excluding tert-OH is 1. The number of carbonyl (C=O) groups excluding carboxylic acids is 3. The summed E-state index contributed by atoms with van der Waals surface area (Å²) in [6, 6.07) is 4.28. The number of benzene rings is 2. The molecule has 0 spiro atoms. The first-order chi connectivity index (χ1) is 24.5. The maximum absolute atomic E-state index is 14.1. The van der Waals surface area contributed by atoms with E-state index in [4.69, 9.17) is 28.4 Å². The second-order valence-electron chi connectivity index (χ2n) is 13.3. The van der Waals surface area contributed by atoms with Gasteiger partial charge in [0.15, 0.2) is 24.6 Å². The Bertz CT molecular complexity index is 1800. The Kier molecular flexibility index (Phi) is 9.39. The van der Waals surface area contributed by atoms with Crippen molar-refractivity contribution in [3.05, 3.63) is 51.6 Å². The molecule has 51 heavy (non-hydrogen) atoms. The van der Waals surface area contributed by atoms with Gasteiger partial charge in [-0.1, -0.05) is 19.1 Å². The Hall–Kier alpha value is -4.00. The summed E-state index contributed by atoms with van der Waals surface area (Å²) < 4.78 is 35.8. The van der Waals surface area contributed by atoms with Gasteiger partial charge in [-0.15, -0.1) is 0 Å². The highest BCUT2D eigenvalue weighted by molar-refractivity contribution is 6.31. The van der Waals surface area contributed by atoms with Crippen molar-refractivity contribution < 1.29 is 63.2 Å². The van der Waals surface area contributed by atoms with Gasteiger partial charge < -0.3 is 48.8 Å². The number of morpholine rings is 1. The van der Waals surface area contributed by atoms with Crippen LogP contribution in [0.5, 0.6) is 17.2 Å². The van der Waals surface area contributed by atoms with Gasteiger partial charge in [-0.3, -0.25) is 19.3 Å². The van der Waals surface area contributed by atoms with Gasteiger partial charge in [-0.05, 0) is 13.0 Å². The lowest BCUT2D eigenvalue weighted by atomic mass is 9.71. The third kappa shape index (κ3) is 5.70. The molecule has 0 radical (unpaired) electrons. The number of carbonyl (C=O) groups is 3. The molecule has 274 valence electrons. The summed E-state index contributed by atoms with van der Waals surface area (Å²) in [6.07, 6.45) is -4.56. The zero-order valence-electron chi connectivity index (χ0n) is 28.6. The molecule has 3 heterocycles. The van der Waals surface area contributed by atoms with Crippen molar-refractivity contribution >= 4 is 23.2 Å². The molecule has 16 nitrogen and oxygen atoms in total. The van der Waals surface area contributed by atoms with E-state index in [-0.39, 0.29) is 58.7 Å². The van der Waals surface area contributed by atoms with E-state index in [0.29, 0.717) is 19.6 Å². The highest BCUT2D eigenvalue weighted by Crippen LogP contribution is 2.53. The van der Waals surface area contributed by atoms with Crippen LogP contribution in [0.2, 0.25) is 0 Å². The van der Waals surface area contributed by atoms with Crippen LogP contribution in [0, 0.1) is 0 Å². The van der Waals surface area contributed by atoms with E-state index in [1.54, 1.807) is 6.92 Å². The van der Waals surface area contributed by atoms with E-state index in [9.17, 15) is 34.8 Å². The van der Waals surface area contributed by atoms with Crippen LogP contribution in [-0.2, 0) is 34.9 Å². The predicted octanol–water partition coefficient (Wildman–Crippen LogP) is 1.02. The number of aliphatic hydroxyl groups is 2. The molecule has 0 bridgehead atoms. The molecule has 1 amide bonds. The van der Waals surface area contributed by atoms with E-state index in [1.807, 2.05) is 6.92 Å². The van der Waals surface area contributed by atoms with Gasteiger partial charge in [0.2, 0.25) is 11.7 Å². The van der Waals surface area contributed by atoms with Crippen molar-refractivity contribution in [1.82, 2.24) is 10.3 Å². The van der Waals surface area contributed by atoms with Crippen molar-refractivity contribution in [2.45, 2.75) is 88.3 Å². The number of amides is 1. The average Bonchev–Trinajstić information content (AvgIpc) is 3.51. The molecule has 2 aromatic rings. The Morgan fingerprint density at radius 1 is 1.12 bits per heavy atom. The number of methoxy groups -OCH3 is 2. The largest absolute Gasteiger partial charge is 0.507 e. The number of phenolic OH excluding ortho intramolecular Hbond substituents is 2. The summed E-state index contributed by atoms with van der Waals surface area (Å²) in [5.41, 5.74) is -1.10. The summed E-state index contributed by atoms with van der Waals surface area (Å²) in [6.45, 7) is 3.64. The molecule has 3 saturated heterocycles. The number of aromatic hydroxyl groups is 2. The molecular weight excluding hydrogens is 670 g/mol. The van der Waals surface area contributed by atoms with Crippen LogP contribution >= 0.6 is 0 Å². The number of nitrogens with zero attached hydrogens (tertiary/aromatic N) is 2. The lowest BCUT2D eigenvalue weighted by Crippen LogP contribution is -2.55. The van der Waals surface area contributed by atoms with Crippen LogP contribution in [0.4, 0.5) is 0 Å². The summed E-state index contributed by atoms with van der Waals surface area (Å²) in [5.74, 6) is -3.09. The molecule has 16 heteroatoms. The van der Waals surface area contributed by atoms with Crippen LogP contribution < -0.4 is 10.2 Å². The molecule has 5 N–H and O–H groups in total. The number of hydrazone groups is 1. The maximum Gasteiger partial charge on any atom is 0.239 e. The van der Waals surface area contributed by atoms with Crippen LogP contribution in [0.25, 0.3) is 0 Å². The molecule has 0 aromatic heterocycles. The maximum atomic E-state index is 14.1. The number of hydrogen-bond donors (Lipinski definition) is 5. The highest BCUT2D eigenvalue weighted by Gasteiger charge is 2.55. The fourth-order valence-electron chi connectivity index (χ4n) is 8.05. The summed E-state index contributed by atoms with van der Waals surface area (Å²) in [5, 5.41) is 50.3. The zero-order chi connectivity index (χ0) is 36.4. The fourth-order valence-corrected chi connectivity index (χ4v) is 8.05. The van der Waals surface area contributed by atoms with Gasteiger partial charge in [0.1, 0.15) is 29.0 Å². The number of ether oxygens (including phenoxy) is 6. The minimum atomic E-state index is -2.06. The topological polar surface area (TPSA) is 215 Å². The van der Waals surface area contributed by atoms with Gasteiger partial charge in [0.25, 0.3) is 0 Å². The smallest absolute Gasteiger partial charge is 0.239 e. The number of rotatable bonds is 8. The molecule has 2 aliphatic carbocycles. The monoisotopic (exact) mass is 711 g/mol. The van der Waals surface area contributed by atoms with Gasteiger partial charge in [-0.25, -0.2) is 5.43 Å². The van der Waals surface area contributed by atoms with Gasteiger partial charge in [0.05, 0.1) is 54.9 Å². The summed E-state index contributed by atoms with van der Waals surface area (Å²) in [4.78, 5) is 42.2. The highest BCUT2D eigenvalue weighted by atomic mass is 16.7. The van der Waals surface area contributed by atoms with E-state index in [2.05, 4.69) is 15.4 Å². The number of fused-ring (bicyclic) bond motifs is 6. The first-order valence-corrected chi connectivity index (χ1v) is 16.9. The molecule has 2 aromatic carbocycles. The third-order valence-corrected chi connectivity index (χ3v) is 10.5. The fraction of sp³-hybridized carbons (Fsp3) is 0.543. The van der Waals surface area contributed by atoms with Crippen molar-refractivity contribution in [3.63, 3.8) is 0 Å². The van der Waals surface area contributed by atoms with E-state index < -0.39 is 89.7 Å². The number of nitrogens with one attached hydrogen (secondary N) is 1. The molecule has 0 unspecified atom stereocenters. The normalized spacial score (nSPS) is 31.6. The third-order valence-electron chi connectivity index (χ3n) is 10.5. The molecule has 3 aliphatic heterocycles. The standard InChI is InChI=1S/C35H41N3O13/c1-5-22(40)37-36-21(14-39)35(45)12-17-25(31(44)27-26(29(17)42)28(41)16-7-6-8-19(46-3)24(16)30(27)43)20(13-35)50-23-11-18-32(15(2)49-23)51-33-34(47-4)48-10-9-38(18)33/h6-8,15,18,20,23,32-34,39,42,44-45H,5,9-14H2,1-4H3,(H,37,40)/b36-21+/t15-,18-,20-,23-,32+,33+,34-,35-/m0/s1. The van der Waals surface area contributed by atoms with Crippen molar-refractivity contribution in [2.75, 3.05) is 34.0 Å². The number of ketones is 2. The Morgan fingerprint density at radius 2 is 1.88 bits per heavy atom. The Labute approximate surface area is 292 Å². The molecular formula is C35H41N3O13. The molecule has 3 fully saturated rings. The quantitative estimate of drug-likeness (QED) is 0.125. The van der Waals surface area contributed by atoms with Crippen LogP contribution in [0.1, 0.15) is 82.2 Å². The van der Waals surface area contributed by atoms with Crippen LogP contribution in [0.15, 0.2) is 23.3 Å². The molecule has 5 aliphatic rings. The second kappa shape index (κ2) is 13.5. The van der Waals surface area contributed by atoms with Crippen molar-refractivity contribution in [3.8, 4) is 17.2 Å². The van der Waals surface area contributed by atoms with E-state index >= 15 is 0 Å². The first kappa shape index (κ1) is 35.4. The molecule has 7 rings (SSSR count). The number of hydrogen-bond acceptors (Lipinski definition) is 15. The van der Waals surface area contributed by atoms with Crippen LogP contribution in [0.3, 0.4) is 0 Å². The lowest BCUT2D eigenvalue weighted by molar-refractivity contribution is -0.255. The molecule has 8 atom stereocenters. The Morgan fingerprint density at radius 3 is 2.59 bits per heavy atom. The van der Waals surface area contributed by atoms with E-state index in [1.165, 1.54) is 32.4 Å². The second-order valence-corrected chi connectivity index (χ2v) is 13.3. The SMILES string of the molecule is CCC(=O)N/N=C(\CO)[C@]1(O)Cc2c(O)c3c(c(O)c2[C@@H](O[C@H]2C[C@H]4[C@H](O[C@@H]5[C@@H](OC)OCCN54)[C@H](C)O2)C1)C(=O)c1c(OC)cccc1C3=O. The minimum Gasteiger partial charge on any atom is -0.507 e. The lowest BCUT2D eigenvalue weighted by Gasteiger charge is -2.44. The van der Waals surface area contributed by atoms with Gasteiger partial charge >= 0.3 is 0 Å². The average molecular weight is 712 g/mol. The first-order valence-electron chi connectivity index (χ1n) is 16.9. The predicted molar refractivity (Wildman–Crippen MR) is 175 cm³/mol. The van der Waals surface area contributed by atoms with Crippen molar-refractivity contribution in [2.24, 2.45) is 5.10 Å². The minimum absolute atomic E-state index is 0.0321. The zero-order valence-corrected chi connectivity index (χ0v) is 28.6. The van der Waals surface area contributed by atoms with Crippen LogP contribution in [-0.4, -0.2) is 125 Å². The Balaban J connectivity index is 1.32. The summed E-state index contributed by atoms with van der Waals surface area (Å²) in [7, 11) is 2.89. The molecule has 0 saturated carbocycles. The number of phenols is 2. The van der Waals surface area contributed by atoms with Gasteiger partial charge in [0, 0.05) is 62.1 Å². The van der Waals surface area contributed by atoms with Crippen molar-refractivity contribution in [1.29, 1.82) is 0 Å².